The van der Waals surface area contributed by atoms with Crippen LogP contribution in [0.1, 0.15) is 64.2 Å². The van der Waals surface area contributed by atoms with Crippen LogP contribution in [0.5, 0.6) is 0 Å². The van der Waals surface area contributed by atoms with Gasteiger partial charge in [0.25, 0.3) is 0 Å². The lowest BCUT2D eigenvalue weighted by Gasteiger charge is -2.40. The highest BCUT2D eigenvalue weighted by Crippen LogP contribution is 2.62. The summed E-state index contributed by atoms with van der Waals surface area (Å²) in [6.45, 7) is 0. The number of hydrogen-bond acceptors (Lipinski definition) is 3. The highest BCUT2D eigenvalue weighted by Gasteiger charge is 2.52. The molecule has 4 aliphatic carbocycles. The Morgan fingerprint density at radius 1 is 0.818 bits per heavy atom. The summed E-state index contributed by atoms with van der Waals surface area (Å²) in [6.07, 6.45) is 15.0. The van der Waals surface area contributed by atoms with Gasteiger partial charge >= 0.3 is 0 Å². The zero-order valence-corrected chi connectivity index (χ0v) is 16.4. The average molecular weight is 357 g/mol. The summed E-state index contributed by atoms with van der Waals surface area (Å²) in [6, 6.07) is 0. The lowest BCUT2D eigenvalue weighted by molar-refractivity contribution is 0.254. The van der Waals surface area contributed by atoms with Crippen LogP contribution in [0.3, 0.4) is 0 Å². The Kier molecular flexibility index (Phi) is 5.07. The molecule has 0 aromatic heterocycles. The normalized spacial score (nSPS) is 49.9. The van der Waals surface area contributed by atoms with Gasteiger partial charge in [-0.25, -0.2) is 0 Å². The highest BCUT2D eigenvalue weighted by molar-refractivity contribution is 8.01. The van der Waals surface area contributed by atoms with E-state index in [0.717, 1.165) is 46.3 Å². The van der Waals surface area contributed by atoms with E-state index in [4.69, 9.17) is 0 Å². The molecule has 0 heterocycles. The van der Waals surface area contributed by atoms with E-state index < -0.39 is 0 Å². The minimum absolute atomic E-state index is 0.700. The molecule has 0 spiro atoms. The number of thiol groups is 2. The van der Waals surface area contributed by atoms with Crippen LogP contribution in [-0.2, 0) is 0 Å². The summed E-state index contributed by atoms with van der Waals surface area (Å²) in [5.74, 6) is 7.40. The lowest BCUT2D eigenvalue weighted by Crippen LogP contribution is -2.33. The fourth-order valence-electron chi connectivity index (χ4n) is 6.48. The van der Waals surface area contributed by atoms with Crippen LogP contribution in [0.15, 0.2) is 0 Å². The molecular weight excluding hydrogens is 324 g/mol. The molecule has 4 saturated carbocycles. The second-order valence-electron chi connectivity index (χ2n) is 8.65. The molecule has 4 rings (SSSR count). The van der Waals surface area contributed by atoms with Crippen molar-refractivity contribution in [2.24, 2.45) is 29.6 Å². The molecule has 4 aliphatic rings. The maximum atomic E-state index is 4.48. The van der Waals surface area contributed by atoms with Gasteiger partial charge in [0.1, 0.15) is 0 Å². The molecular formula is C19H32S3. The third kappa shape index (κ3) is 3.01. The maximum absolute atomic E-state index is 4.48. The van der Waals surface area contributed by atoms with Crippen molar-refractivity contribution in [2.75, 3.05) is 11.5 Å². The van der Waals surface area contributed by atoms with Crippen molar-refractivity contribution in [2.45, 2.75) is 74.2 Å². The molecule has 0 N–H and O–H groups in total. The van der Waals surface area contributed by atoms with Gasteiger partial charge in [0.2, 0.25) is 0 Å². The van der Waals surface area contributed by atoms with Crippen LogP contribution in [0.25, 0.3) is 0 Å². The van der Waals surface area contributed by atoms with E-state index in [2.05, 4.69) is 37.0 Å². The number of fused-ring (bicyclic) bond motifs is 4. The number of rotatable bonds is 6. The van der Waals surface area contributed by atoms with Gasteiger partial charge in [-0.3, -0.25) is 0 Å². The number of hydrogen-bond donors (Lipinski definition) is 2. The summed E-state index contributed by atoms with van der Waals surface area (Å²) in [5.41, 5.74) is 0. The molecule has 0 amide bonds. The minimum atomic E-state index is 0.700. The first-order valence-corrected chi connectivity index (χ1v) is 11.8. The Morgan fingerprint density at radius 2 is 1.59 bits per heavy atom. The fourth-order valence-corrected chi connectivity index (χ4v) is 9.33. The quantitative estimate of drug-likeness (QED) is 0.574. The van der Waals surface area contributed by atoms with Crippen molar-refractivity contribution in [1.82, 2.24) is 0 Å². The molecule has 0 aromatic carbocycles. The minimum Gasteiger partial charge on any atom is -0.179 e. The topological polar surface area (TPSA) is 0 Å². The van der Waals surface area contributed by atoms with Gasteiger partial charge in [-0.15, -0.1) is 0 Å². The Bertz CT molecular complexity index is 398. The molecule has 3 heteroatoms. The van der Waals surface area contributed by atoms with Crippen molar-refractivity contribution in [3.63, 3.8) is 0 Å². The van der Waals surface area contributed by atoms with Gasteiger partial charge in [0.05, 0.1) is 0 Å². The van der Waals surface area contributed by atoms with Crippen LogP contribution >= 0.6 is 37.0 Å². The molecule has 0 aliphatic heterocycles. The largest absolute Gasteiger partial charge is 0.179 e. The van der Waals surface area contributed by atoms with E-state index in [0.29, 0.717) is 4.75 Å². The third-order valence-electron chi connectivity index (χ3n) is 7.58. The molecule has 126 valence electrons. The Balaban J connectivity index is 1.34. The molecule has 22 heavy (non-hydrogen) atoms. The molecule has 7 atom stereocenters. The Hall–Kier alpha value is 1.05. The van der Waals surface area contributed by atoms with Crippen molar-refractivity contribution in [1.29, 1.82) is 0 Å². The van der Waals surface area contributed by atoms with E-state index >= 15 is 0 Å². The molecule has 0 nitrogen and oxygen atoms in total. The fraction of sp³-hybridized carbons (Fsp3) is 1.00. The van der Waals surface area contributed by atoms with E-state index in [1.807, 2.05) is 0 Å². The molecule has 4 fully saturated rings. The van der Waals surface area contributed by atoms with Crippen molar-refractivity contribution < 1.29 is 0 Å². The smallest absolute Gasteiger partial charge is 0.0166 e. The first kappa shape index (κ1) is 16.5. The summed E-state index contributed by atoms with van der Waals surface area (Å²) in [5, 5.41) is 1.02. The highest BCUT2D eigenvalue weighted by atomic mass is 32.2. The van der Waals surface area contributed by atoms with Gasteiger partial charge in [-0.05, 0) is 105 Å². The van der Waals surface area contributed by atoms with E-state index in [1.54, 1.807) is 19.3 Å². The zero-order chi connectivity index (χ0) is 15.2. The van der Waals surface area contributed by atoms with Crippen molar-refractivity contribution in [3.05, 3.63) is 0 Å². The molecule has 4 bridgehead atoms. The van der Waals surface area contributed by atoms with Crippen LogP contribution in [0, 0.1) is 29.6 Å². The predicted octanol–water partition coefficient (Wildman–Crippen LogP) is 5.72. The maximum Gasteiger partial charge on any atom is 0.0166 e. The summed E-state index contributed by atoms with van der Waals surface area (Å²) in [7, 11) is 0. The van der Waals surface area contributed by atoms with Crippen LogP contribution in [0.4, 0.5) is 0 Å². The van der Waals surface area contributed by atoms with E-state index in [-0.39, 0.29) is 0 Å². The summed E-state index contributed by atoms with van der Waals surface area (Å²) in [4.78, 5) is 0. The first-order chi connectivity index (χ1) is 10.7. The van der Waals surface area contributed by atoms with Crippen LogP contribution in [-0.4, -0.2) is 21.5 Å². The first-order valence-electron chi connectivity index (χ1n) is 9.62. The monoisotopic (exact) mass is 356 g/mol. The van der Waals surface area contributed by atoms with E-state index in [1.165, 1.54) is 44.9 Å². The standard InChI is InChI=1S/C19H32S3/c20-7-3-13-1-5-19(6-2-15(13)12-19)22-18-11-16-10-17(18)9-14(16)4-8-21/h13-18,20-21H,1-12H2. The van der Waals surface area contributed by atoms with Crippen LogP contribution < -0.4 is 0 Å². The Labute approximate surface area is 152 Å². The van der Waals surface area contributed by atoms with Gasteiger partial charge in [0.15, 0.2) is 0 Å². The van der Waals surface area contributed by atoms with Gasteiger partial charge in [0, 0.05) is 10.00 Å². The predicted molar refractivity (Wildman–Crippen MR) is 105 cm³/mol. The summed E-state index contributed by atoms with van der Waals surface area (Å²) >= 11 is 11.4. The average Bonchev–Trinajstić information content (AvgIpc) is 3.17. The lowest BCUT2D eigenvalue weighted by atomic mass is 9.78. The SMILES string of the molecule is SCCC1CCC2(SC3CC4CC3CC4CCS)CCC1C2. The van der Waals surface area contributed by atoms with Crippen LogP contribution in [0.2, 0.25) is 0 Å². The van der Waals surface area contributed by atoms with Gasteiger partial charge in [-0.2, -0.15) is 37.0 Å². The van der Waals surface area contributed by atoms with Crippen molar-refractivity contribution >= 4 is 37.0 Å². The molecule has 0 aromatic rings. The van der Waals surface area contributed by atoms with Gasteiger partial charge < -0.3 is 0 Å². The molecule has 7 unspecified atom stereocenters. The number of thioether (sulfide) groups is 1. The summed E-state index contributed by atoms with van der Waals surface area (Å²) < 4.78 is 0.700. The second-order valence-corrected chi connectivity index (χ2v) is 11.3. The third-order valence-corrected chi connectivity index (χ3v) is 10.1. The van der Waals surface area contributed by atoms with E-state index in [9.17, 15) is 0 Å². The second kappa shape index (κ2) is 6.75. The molecule has 0 saturated heterocycles. The Morgan fingerprint density at radius 3 is 2.32 bits per heavy atom. The van der Waals surface area contributed by atoms with Gasteiger partial charge in [-0.1, -0.05) is 0 Å². The van der Waals surface area contributed by atoms with Crippen molar-refractivity contribution in [3.8, 4) is 0 Å². The zero-order valence-electron chi connectivity index (χ0n) is 13.8. The molecule has 0 radical (unpaired) electrons.